The van der Waals surface area contributed by atoms with Crippen LogP contribution in [0.25, 0.3) is 17.0 Å². The van der Waals surface area contributed by atoms with Crippen LogP contribution < -0.4 is 16.8 Å². The van der Waals surface area contributed by atoms with E-state index in [0.717, 1.165) is 23.8 Å². The van der Waals surface area contributed by atoms with Crippen molar-refractivity contribution in [1.29, 1.82) is 0 Å². The van der Waals surface area contributed by atoms with Gasteiger partial charge in [0.25, 0.3) is 0 Å². The average molecular weight is 452 g/mol. The largest absolute Gasteiger partial charge is 0.381 e. The SMILES string of the molecule is Cl.NC1CCCCC1.Nc1nccn2c(-c3cccc(NCc4ccccc4)n3)cnc12. The van der Waals surface area contributed by atoms with Gasteiger partial charge in [-0.2, -0.15) is 0 Å². The lowest BCUT2D eigenvalue weighted by molar-refractivity contribution is 0.441. The van der Waals surface area contributed by atoms with Gasteiger partial charge in [0.15, 0.2) is 11.5 Å². The zero-order valence-corrected chi connectivity index (χ0v) is 18.8. The molecule has 1 saturated carbocycles. The van der Waals surface area contributed by atoms with Gasteiger partial charge >= 0.3 is 0 Å². The topological polar surface area (TPSA) is 107 Å². The smallest absolute Gasteiger partial charge is 0.180 e. The lowest BCUT2D eigenvalue weighted by Crippen LogP contribution is -2.22. The molecule has 0 aliphatic heterocycles. The standard InChI is InChI=1S/C18H16N6.C6H13N.ClH/c19-17-18-22-12-15(24(18)10-9-20-17)14-7-4-8-16(23-14)21-11-13-5-2-1-3-6-13;7-6-4-2-1-3-5-6;/h1-10,12H,11H2,(H2,19,20)(H,21,23);6H,1-5,7H2;1H. The Kier molecular flexibility index (Phi) is 8.41. The van der Waals surface area contributed by atoms with E-state index < -0.39 is 0 Å². The summed E-state index contributed by atoms with van der Waals surface area (Å²) in [5, 5.41) is 3.34. The number of nitrogen functional groups attached to an aromatic ring is 1. The summed E-state index contributed by atoms with van der Waals surface area (Å²) in [6.45, 7) is 0.724. The van der Waals surface area contributed by atoms with Crippen LogP contribution >= 0.6 is 12.4 Å². The molecule has 7 nitrogen and oxygen atoms in total. The van der Waals surface area contributed by atoms with Crippen molar-refractivity contribution < 1.29 is 0 Å². The third-order valence-electron chi connectivity index (χ3n) is 5.43. The Morgan fingerprint density at radius 2 is 1.75 bits per heavy atom. The number of imidazole rings is 1. The highest BCUT2D eigenvalue weighted by molar-refractivity contribution is 5.85. The Morgan fingerprint density at radius 1 is 0.969 bits per heavy atom. The van der Waals surface area contributed by atoms with Crippen molar-refractivity contribution in [2.45, 2.75) is 44.7 Å². The van der Waals surface area contributed by atoms with E-state index in [1.165, 1.54) is 37.7 Å². The normalized spacial score (nSPS) is 13.7. The molecule has 0 saturated heterocycles. The molecule has 1 aliphatic carbocycles. The molecule has 8 heteroatoms. The summed E-state index contributed by atoms with van der Waals surface area (Å²) in [7, 11) is 0. The van der Waals surface area contributed by atoms with Crippen LogP contribution in [0.4, 0.5) is 11.6 Å². The van der Waals surface area contributed by atoms with Crippen LogP contribution in [0.3, 0.4) is 0 Å². The number of rotatable bonds is 4. The van der Waals surface area contributed by atoms with E-state index in [2.05, 4.69) is 32.4 Å². The van der Waals surface area contributed by atoms with E-state index in [9.17, 15) is 0 Å². The molecule has 0 atom stereocenters. The third kappa shape index (κ3) is 5.96. The van der Waals surface area contributed by atoms with Crippen LogP contribution in [0.2, 0.25) is 0 Å². The maximum atomic E-state index is 5.86. The van der Waals surface area contributed by atoms with Gasteiger partial charge in [-0.05, 0) is 30.5 Å². The molecule has 4 aromatic rings. The summed E-state index contributed by atoms with van der Waals surface area (Å²) >= 11 is 0. The predicted molar refractivity (Wildman–Crippen MR) is 133 cm³/mol. The van der Waals surface area contributed by atoms with E-state index in [4.69, 9.17) is 11.5 Å². The number of nitrogens with one attached hydrogen (secondary N) is 1. The Labute approximate surface area is 194 Å². The molecule has 1 fully saturated rings. The molecule has 0 bridgehead atoms. The van der Waals surface area contributed by atoms with Gasteiger partial charge < -0.3 is 16.8 Å². The summed E-state index contributed by atoms with van der Waals surface area (Å²) in [5.74, 6) is 1.22. The van der Waals surface area contributed by atoms with E-state index in [1.54, 1.807) is 12.4 Å². The highest BCUT2D eigenvalue weighted by atomic mass is 35.5. The fourth-order valence-corrected chi connectivity index (χ4v) is 3.73. The third-order valence-corrected chi connectivity index (χ3v) is 5.43. The fourth-order valence-electron chi connectivity index (χ4n) is 3.73. The van der Waals surface area contributed by atoms with Crippen molar-refractivity contribution in [2.24, 2.45) is 5.73 Å². The van der Waals surface area contributed by atoms with Gasteiger partial charge in [-0.25, -0.2) is 15.0 Å². The van der Waals surface area contributed by atoms with Gasteiger partial charge in [0.05, 0.1) is 17.6 Å². The molecular weight excluding hydrogens is 422 g/mol. The minimum absolute atomic E-state index is 0. The molecular formula is C24H30ClN7. The first-order valence-electron chi connectivity index (χ1n) is 10.8. The number of nitrogens with zero attached hydrogens (tertiary/aromatic N) is 4. The van der Waals surface area contributed by atoms with Crippen LogP contribution in [0.15, 0.2) is 67.1 Å². The second-order valence-corrected chi connectivity index (χ2v) is 7.79. The number of pyridine rings is 1. The molecule has 1 aliphatic rings. The number of fused-ring (bicyclic) bond motifs is 1. The quantitative estimate of drug-likeness (QED) is 0.415. The number of benzene rings is 1. The Bertz CT molecular complexity index is 1110. The van der Waals surface area contributed by atoms with Crippen LogP contribution in [-0.2, 0) is 6.54 Å². The highest BCUT2D eigenvalue weighted by Crippen LogP contribution is 2.22. The minimum Gasteiger partial charge on any atom is -0.381 e. The molecule has 5 rings (SSSR count). The van der Waals surface area contributed by atoms with E-state index in [0.29, 0.717) is 17.5 Å². The summed E-state index contributed by atoms with van der Waals surface area (Å²) in [5.41, 5.74) is 15.0. The number of halogens is 1. The van der Waals surface area contributed by atoms with Crippen molar-refractivity contribution in [3.8, 4) is 11.4 Å². The Hall–Kier alpha value is -3.16. The number of hydrogen-bond acceptors (Lipinski definition) is 6. The number of nitrogens with two attached hydrogens (primary N) is 2. The van der Waals surface area contributed by atoms with Crippen LogP contribution in [0.1, 0.15) is 37.7 Å². The fraction of sp³-hybridized carbons (Fsp3) is 0.292. The van der Waals surface area contributed by atoms with Crippen molar-refractivity contribution >= 4 is 29.7 Å². The molecule has 168 valence electrons. The second kappa shape index (κ2) is 11.5. The number of anilines is 2. The van der Waals surface area contributed by atoms with Gasteiger partial charge in [0, 0.05) is 25.0 Å². The highest BCUT2D eigenvalue weighted by Gasteiger charge is 2.10. The first-order chi connectivity index (χ1) is 15.2. The van der Waals surface area contributed by atoms with E-state index >= 15 is 0 Å². The average Bonchev–Trinajstić information content (AvgIpc) is 3.25. The van der Waals surface area contributed by atoms with Crippen LogP contribution in [0, 0.1) is 0 Å². The maximum Gasteiger partial charge on any atom is 0.180 e. The Balaban J connectivity index is 0.000000311. The second-order valence-electron chi connectivity index (χ2n) is 7.79. The van der Waals surface area contributed by atoms with Gasteiger partial charge in [-0.15, -0.1) is 12.4 Å². The molecule has 32 heavy (non-hydrogen) atoms. The summed E-state index contributed by atoms with van der Waals surface area (Å²) in [6.07, 6.45) is 11.9. The molecule has 0 radical (unpaired) electrons. The molecule has 0 spiro atoms. The lowest BCUT2D eigenvalue weighted by Gasteiger charge is -2.15. The van der Waals surface area contributed by atoms with Gasteiger partial charge in [0.2, 0.25) is 0 Å². The van der Waals surface area contributed by atoms with E-state index in [1.807, 2.05) is 47.0 Å². The summed E-state index contributed by atoms with van der Waals surface area (Å²) < 4.78 is 1.89. The molecule has 0 unspecified atom stereocenters. The first kappa shape index (κ1) is 23.5. The number of aromatic nitrogens is 4. The van der Waals surface area contributed by atoms with Gasteiger partial charge in [-0.3, -0.25) is 4.40 Å². The van der Waals surface area contributed by atoms with Crippen molar-refractivity contribution in [1.82, 2.24) is 19.4 Å². The zero-order valence-electron chi connectivity index (χ0n) is 18.0. The molecule has 5 N–H and O–H groups in total. The molecule has 3 aromatic heterocycles. The zero-order chi connectivity index (χ0) is 21.5. The molecule has 3 heterocycles. The van der Waals surface area contributed by atoms with Gasteiger partial charge in [0.1, 0.15) is 5.82 Å². The minimum atomic E-state index is 0. The first-order valence-corrected chi connectivity index (χ1v) is 10.8. The monoisotopic (exact) mass is 451 g/mol. The Morgan fingerprint density at radius 3 is 2.47 bits per heavy atom. The summed E-state index contributed by atoms with van der Waals surface area (Å²) in [4.78, 5) is 13.1. The van der Waals surface area contributed by atoms with Crippen LogP contribution in [0.5, 0.6) is 0 Å². The summed E-state index contributed by atoms with van der Waals surface area (Å²) in [6, 6.07) is 16.6. The molecule has 0 amide bonds. The van der Waals surface area contributed by atoms with Crippen LogP contribution in [-0.4, -0.2) is 25.4 Å². The van der Waals surface area contributed by atoms with Crippen molar-refractivity contribution in [2.75, 3.05) is 11.1 Å². The maximum absolute atomic E-state index is 5.86. The van der Waals surface area contributed by atoms with Crippen molar-refractivity contribution in [3.05, 3.63) is 72.7 Å². The number of hydrogen-bond donors (Lipinski definition) is 3. The van der Waals surface area contributed by atoms with E-state index in [-0.39, 0.29) is 12.4 Å². The predicted octanol–water partition coefficient (Wildman–Crippen LogP) is 4.69. The van der Waals surface area contributed by atoms with Crippen molar-refractivity contribution in [3.63, 3.8) is 0 Å². The lowest BCUT2D eigenvalue weighted by atomic mass is 9.97. The molecule has 1 aromatic carbocycles. The van der Waals surface area contributed by atoms with Gasteiger partial charge in [-0.1, -0.05) is 55.7 Å².